The molecule has 4 rings (SSSR count). The first-order chi connectivity index (χ1) is 13.7. The van der Waals surface area contributed by atoms with Gasteiger partial charge in [0, 0.05) is 19.5 Å². The summed E-state index contributed by atoms with van der Waals surface area (Å²) in [6.45, 7) is 3.95. The molecule has 1 amide bonds. The number of anilines is 1. The highest BCUT2D eigenvalue weighted by atomic mass is 16.5. The molecular weight excluding hydrogens is 362 g/mol. The average Bonchev–Trinajstić information content (AvgIpc) is 3.35. The number of amides is 1. The SMILES string of the molecule is COc1ccc(OCCn2c(C3CCC(=O)N3)nnc2N2CCOCC2)cc1. The number of aromatic nitrogens is 3. The highest BCUT2D eigenvalue weighted by Crippen LogP contribution is 2.26. The molecule has 9 heteroatoms. The van der Waals surface area contributed by atoms with Crippen molar-refractivity contribution in [3.05, 3.63) is 30.1 Å². The smallest absolute Gasteiger partial charge is 0.227 e. The van der Waals surface area contributed by atoms with Crippen LogP contribution in [0.1, 0.15) is 24.7 Å². The number of benzene rings is 1. The van der Waals surface area contributed by atoms with Gasteiger partial charge in [-0.1, -0.05) is 0 Å². The summed E-state index contributed by atoms with van der Waals surface area (Å²) < 4.78 is 18.6. The molecule has 0 aliphatic carbocycles. The number of carbonyl (C=O) groups excluding carboxylic acids is 1. The maximum atomic E-state index is 11.7. The fraction of sp³-hybridized carbons (Fsp3) is 0.526. The van der Waals surface area contributed by atoms with Crippen LogP contribution in [0.5, 0.6) is 11.5 Å². The second-order valence-electron chi connectivity index (χ2n) is 6.79. The summed E-state index contributed by atoms with van der Waals surface area (Å²) in [5.74, 6) is 3.21. The normalized spacial score (nSPS) is 19.5. The predicted molar refractivity (Wildman–Crippen MR) is 102 cm³/mol. The Balaban J connectivity index is 1.48. The van der Waals surface area contributed by atoms with Crippen LogP contribution in [0.3, 0.4) is 0 Å². The topological polar surface area (TPSA) is 90.7 Å². The highest BCUT2D eigenvalue weighted by molar-refractivity contribution is 5.78. The standard InChI is InChI=1S/C19H25N5O4/c1-26-14-2-4-15(5-3-14)28-13-10-24-18(16-6-7-17(25)20-16)21-22-19(24)23-8-11-27-12-9-23/h2-5,16H,6-13H2,1H3,(H,20,25). The lowest BCUT2D eigenvalue weighted by atomic mass is 10.2. The lowest BCUT2D eigenvalue weighted by Crippen LogP contribution is -2.38. The predicted octanol–water partition coefficient (Wildman–Crippen LogP) is 1.15. The van der Waals surface area contributed by atoms with E-state index in [0.29, 0.717) is 32.8 Å². The molecule has 9 nitrogen and oxygen atoms in total. The zero-order valence-electron chi connectivity index (χ0n) is 16.0. The highest BCUT2D eigenvalue weighted by Gasteiger charge is 2.29. The first kappa shape index (κ1) is 18.5. The van der Waals surface area contributed by atoms with Gasteiger partial charge >= 0.3 is 0 Å². The first-order valence-electron chi connectivity index (χ1n) is 9.56. The number of hydrogen-bond donors (Lipinski definition) is 1. The van der Waals surface area contributed by atoms with Crippen molar-refractivity contribution in [2.45, 2.75) is 25.4 Å². The van der Waals surface area contributed by atoms with E-state index in [4.69, 9.17) is 14.2 Å². The van der Waals surface area contributed by atoms with Crippen LogP contribution in [0.15, 0.2) is 24.3 Å². The Morgan fingerprint density at radius 3 is 2.61 bits per heavy atom. The second-order valence-corrected chi connectivity index (χ2v) is 6.79. The third-order valence-electron chi connectivity index (χ3n) is 5.00. The lowest BCUT2D eigenvalue weighted by molar-refractivity contribution is -0.119. The van der Waals surface area contributed by atoms with Crippen LogP contribution < -0.4 is 19.7 Å². The van der Waals surface area contributed by atoms with Gasteiger partial charge in [0.15, 0.2) is 5.82 Å². The molecule has 28 heavy (non-hydrogen) atoms. The van der Waals surface area contributed by atoms with E-state index in [1.165, 1.54) is 0 Å². The number of methoxy groups -OCH3 is 1. The van der Waals surface area contributed by atoms with Crippen LogP contribution in [0.25, 0.3) is 0 Å². The first-order valence-corrected chi connectivity index (χ1v) is 9.56. The Labute approximate surface area is 163 Å². The molecule has 1 atom stereocenters. The van der Waals surface area contributed by atoms with Crippen molar-refractivity contribution in [2.75, 3.05) is 44.9 Å². The molecule has 1 aromatic carbocycles. The van der Waals surface area contributed by atoms with Gasteiger partial charge in [-0.2, -0.15) is 0 Å². The zero-order valence-corrected chi connectivity index (χ0v) is 16.0. The number of morpholine rings is 1. The van der Waals surface area contributed by atoms with Crippen molar-refractivity contribution >= 4 is 11.9 Å². The number of hydrogen-bond acceptors (Lipinski definition) is 7. The quantitative estimate of drug-likeness (QED) is 0.762. The van der Waals surface area contributed by atoms with Crippen molar-refractivity contribution < 1.29 is 19.0 Å². The van der Waals surface area contributed by atoms with Crippen LogP contribution in [-0.4, -0.2) is 60.7 Å². The van der Waals surface area contributed by atoms with Crippen molar-refractivity contribution in [3.8, 4) is 11.5 Å². The Bertz CT molecular complexity index is 801. The van der Waals surface area contributed by atoms with Gasteiger partial charge in [0.25, 0.3) is 0 Å². The van der Waals surface area contributed by atoms with Crippen LogP contribution >= 0.6 is 0 Å². The summed E-state index contributed by atoms with van der Waals surface area (Å²) in [7, 11) is 1.64. The van der Waals surface area contributed by atoms with Gasteiger partial charge in [0.2, 0.25) is 11.9 Å². The summed E-state index contributed by atoms with van der Waals surface area (Å²) in [6.07, 6.45) is 1.26. The summed E-state index contributed by atoms with van der Waals surface area (Å²) in [6, 6.07) is 7.40. The minimum absolute atomic E-state index is 0.0574. The van der Waals surface area contributed by atoms with Crippen LogP contribution in [0.4, 0.5) is 5.95 Å². The zero-order chi connectivity index (χ0) is 19.3. The third kappa shape index (κ3) is 4.04. The molecule has 2 aliphatic heterocycles. The molecule has 1 unspecified atom stereocenters. The molecule has 1 aromatic heterocycles. The molecule has 3 heterocycles. The van der Waals surface area contributed by atoms with E-state index < -0.39 is 0 Å². The molecule has 0 radical (unpaired) electrons. The van der Waals surface area contributed by atoms with Crippen LogP contribution in [0, 0.1) is 0 Å². The molecule has 150 valence electrons. The van der Waals surface area contributed by atoms with E-state index in [0.717, 1.165) is 42.8 Å². The monoisotopic (exact) mass is 387 g/mol. The third-order valence-corrected chi connectivity index (χ3v) is 5.00. The van der Waals surface area contributed by atoms with Crippen molar-refractivity contribution in [1.29, 1.82) is 0 Å². The molecule has 0 bridgehead atoms. The van der Waals surface area contributed by atoms with Gasteiger partial charge in [0.05, 0.1) is 32.9 Å². The Kier molecular flexibility index (Phi) is 5.61. The van der Waals surface area contributed by atoms with Gasteiger partial charge < -0.3 is 24.4 Å². The van der Waals surface area contributed by atoms with Gasteiger partial charge in [-0.25, -0.2) is 0 Å². The molecular formula is C19H25N5O4. The van der Waals surface area contributed by atoms with Crippen molar-refractivity contribution in [1.82, 2.24) is 20.1 Å². The minimum Gasteiger partial charge on any atom is -0.497 e. The van der Waals surface area contributed by atoms with Gasteiger partial charge in [0.1, 0.15) is 18.1 Å². The molecule has 2 saturated heterocycles. The van der Waals surface area contributed by atoms with Gasteiger partial charge in [-0.05, 0) is 30.7 Å². The second kappa shape index (κ2) is 8.47. The summed E-state index contributed by atoms with van der Waals surface area (Å²) in [5, 5.41) is 11.8. The number of nitrogens with zero attached hydrogens (tertiary/aromatic N) is 4. The van der Waals surface area contributed by atoms with E-state index in [1.54, 1.807) is 7.11 Å². The van der Waals surface area contributed by atoms with Crippen molar-refractivity contribution in [3.63, 3.8) is 0 Å². The van der Waals surface area contributed by atoms with Gasteiger partial charge in [-0.15, -0.1) is 10.2 Å². The van der Waals surface area contributed by atoms with E-state index in [2.05, 4.69) is 25.0 Å². The summed E-state index contributed by atoms with van der Waals surface area (Å²) in [4.78, 5) is 13.8. The average molecular weight is 387 g/mol. The van der Waals surface area contributed by atoms with Crippen LogP contribution in [-0.2, 0) is 16.1 Å². The Morgan fingerprint density at radius 2 is 1.93 bits per heavy atom. The molecule has 2 aromatic rings. The summed E-state index contributed by atoms with van der Waals surface area (Å²) in [5.41, 5.74) is 0. The number of carbonyl (C=O) groups is 1. The van der Waals surface area contributed by atoms with E-state index >= 15 is 0 Å². The van der Waals surface area contributed by atoms with Gasteiger partial charge in [-0.3, -0.25) is 9.36 Å². The minimum atomic E-state index is -0.101. The van der Waals surface area contributed by atoms with E-state index in [9.17, 15) is 4.79 Å². The fourth-order valence-corrected chi connectivity index (χ4v) is 3.51. The van der Waals surface area contributed by atoms with Crippen molar-refractivity contribution in [2.24, 2.45) is 0 Å². The molecule has 2 aliphatic rings. The van der Waals surface area contributed by atoms with E-state index in [1.807, 2.05) is 24.3 Å². The number of rotatable bonds is 7. The largest absolute Gasteiger partial charge is 0.497 e. The maximum absolute atomic E-state index is 11.7. The Morgan fingerprint density at radius 1 is 1.18 bits per heavy atom. The maximum Gasteiger partial charge on any atom is 0.227 e. The molecule has 0 saturated carbocycles. The van der Waals surface area contributed by atoms with E-state index in [-0.39, 0.29) is 11.9 Å². The number of nitrogens with one attached hydrogen (secondary N) is 1. The Hall–Kier alpha value is -2.81. The lowest BCUT2D eigenvalue weighted by Gasteiger charge is -2.28. The number of ether oxygens (including phenoxy) is 3. The van der Waals surface area contributed by atoms with Crippen LogP contribution in [0.2, 0.25) is 0 Å². The fourth-order valence-electron chi connectivity index (χ4n) is 3.51. The molecule has 1 N–H and O–H groups in total. The molecule has 2 fully saturated rings. The summed E-state index contributed by atoms with van der Waals surface area (Å²) >= 11 is 0. The molecule has 0 spiro atoms.